The summed E-state index contributed by atoms with van der Waals surface area (Å²) < 4.78 is 0. The van der Waals surface area contributed by atoms with E-state index < -0.39 is 5.91 Å². The summed E-state index contributed by atoms with van der Waals surface area (Å²) in [5, 5.41) is 0.339. The van der Waals surface area contributed by atoms with Gasteiger partial charge in [-0.25, -0.2) is 0 Å². The Hall–Kier alpha value is -1.26. The summed E-state index contributed by atoms with van der Waals surface area (Å²) in [7, 11) is 0. The first-order chi connectivity index (χ1) is 6.50. The molecule has 0 aromatic heterocycles. The summed E-state index contributed by atoms with van der Waals surface area (Å²) in [6.45, 7) is 1.85. The Bertz CT molecular complexity index is 400. The highest BCUT2D eigenvalue weighted by Crippen LogP contribution is 2.18. The van der Waals surface area contributed by atoms with Crippen LogP contribution in [0.1, 0.15) is 15.9 Å². The van der Waals surface area contributed by atoms with Crippen LogP contribution in [-0.2, 0) is 0 Å². The number of carbonyl (C=O) groups excluding carboxylic acids is 1. The van der Waals surface area contributed by atoms with Crippen molar-refractivity contribution < 1.29 is 4.79 Å². The number of amides is 1. The highest BCUT2D eigenvalue weighted by atomic mass is 35.5. The van der Waals surface area contributed by atoms with Crippen molar-refractivity contribution in [3.05, 3.63) is 34.3 Å². The van der Waals surface area contributed by atoms with Crippen LogP contribution in [0.5, 0.6) is 0 Å². The molecule has 6 heteroatoms. The molecule has 4 nitrogen and oxygen atoms in total. The van der Waals surface area contributed by atoms with E-state index in [1.165, 1.54) is 0 Å². The molecular formula is C9H11Cl2N3O. The molecule has 0 heterocycles. The van der Waals surface area contributed by atoms with E-state index in [4.69, 9.17) is 23.1 Å². The van der Waals surface area contributed by atoms with Crippen LogP contribution in [0.3, 0.4) is 0 Å². The molecule has 0 radical (unpaired) electrons. The van der Waals surface area contributed by atoms with E-state index in [-0.39, 0.29) is 18.4 Å². The van der Waals surface area contributed by atoms with E-state index >= 15 is 0 Å². The molecule has 0 aliphatic rings. The van der Waals surface area contributed by atoms with Crippen molar-refractivity contribution in [3.8, 4) is 0 Å². The zero-order chi connectivity index (χ0) is 10.7. The van der Waals surface area contributed by atoms with Crippen molar-refractivity contribution in [2.75, 3.05) is 0 Å². The first kappa shape index (κ1) is 13.7. The van der Waals surface area contributed by atoms with Crippen LogP contribution in [0.15, 0.2) is 23.2 Å². The van der Waals surface area contributed by atoms with Gasteiger partial charge in [-0.2, -0.15) is 4.99 Å². The number of benzene rings is 1. The third-order valence-electron chi connectivity index (χ3n) is 1.58. The highest BCUT2D eigenvalue weighted by Gasteiger charge is 2.09. The van der Waals surface area contributed by atoms with Crippen LogP contribution in [0, 0.1) is 6.92 Å². The second-order valence-corrected chi connectivity index (χ2v) is 3.23. The van der Waals surface area contributed by atoms with Gasteiger partial charge in [0, 0.05) is 0 Å². The van der Waals surface area contributed by atoms with E-state index in [1.807, 2.05) is 6.92 Å². The van der Waals surface area contributed by atoms with Gasteiger partial charge in [0.1, 0.15) is 0 Å². The van der Waals surface area contributed by atoms with Gasteiger partial charge in [-0.15, -0.1) is 12.4 Å². The predicted octanol–water partition coefficient (Wildman–Crippen LogP) is 1.48. The van der Waals surface area contributed by atoms with Crippen molar-refractivity contribution >= 4 is 35.9 Å². The molecule has 4 N–H and O–H groups in total. The van der Waals surface area contributed by atoms with Crippen molar-refractivity contribution in [1.82, 2.24) is 0 Å². The van der Waals surface area contributed by atoms with Gasteiger partial charge in [0.15, 0.2) is 5.96 Å². The molecule has 0 fully saturated rings. The number of aliphatic imine (C=N–C) groups is 1. The number of carbonyl (C=O) groups is 1. The smallest absolute Gasteiger partial charge is 0.281 e. The molecule has 1 aromatic carbocycles. The van der Waals surface area contributed by atoms with E-state index in [1.54, 1.807) is 18.2 Å². The maximum atomic E-state index is 11.4. The second kappa shape index (κ2) is 5.58. The molecule has 1 rings (SSSR count). The number of guanidine groups is 1. The third-order valence-corrected chi connectivity index (χ3v) is 1.91. The number of nitrogens with zero attached hydrogens (tertiary/aromatic N) is 1. The lowest BCUT2D eigenvalue weighted by Crippen LogP contribution is -2.24. The summed E-state index contributed by atoms with van der Waals surface area (Å²) in [6.07, 6.45) is 0. The fraction of sp³-hybridized carbons (Fsp3) is 0.111. The quantitative estimate of drug-likeness (QED) is 0.583. The Morgan fingerprint density at radius 3 is 2.53 bits per heavy atom. The summed E-state index contributed by atoms with van der Waals surface area (Å²) >= 11 is 5.80. The third kappa shape index (κ3) is 3.77. The highest BCUT2D eigenvalue weighted by molar-refractivity contribution is 6.34. The zero-order valence-electron chi connectivity index (χ0n) is 8.03. The molecule has 0 unspecified atom stereocenters. The average molecular weight is 248 g/mol. The van der Waals surface area contributed by atoms with Gasteiger partial charge >= 0.3 is 0 Å². The molecule has 0 spiro atoms. The molecule has 0 bridgehead atoms. The number of aryl methyl sites for hydroxylation is 1. The Morgan fingerprint density at radius 1 is 1.40 bits per heavy atom. The van der Waals surface area contributed by atoms with Gasteiger partial charge in [0.25, 0.3) is 5.91 Å². The second-order valence-electron chi connectivity index (χ2n) is 2.83. The number of halogens is 2. The van der Waals surface area contributed by atoms with Crippen LogP contribution >= 0.6 is 24.0 Å². The lowest BCUT2D eigenvalue weighted by molar-refractivity contribution is 0.100. The first-order valence-electron chi connectivity index (χ1n) is 3.91. The number of rotatable bonds is 1. The number of nitrogens with two attached hydrogens (primary N) is 2. The van der Waals surface area contributed by atoms with Crippen molar-refractivity contribution in [1.29, 1.82) is 0 Å². The molecule has 0 atom stereocenters. The van der Waals surface area contributed by atoms with Crippen LogP contribution in [0.25, 0.3) is 0 Å². The fourth-order valence-corrected chi connectivity index (χ4v) is 1.18. The average Bonchev–Trinajstić information content (AvgIpc) is 2.08. The Balaban J connectivity index is 0.00000196. The Morgan fingerprint density at radius 2 is 2.00 bits per heavy atom. The summed E-state index contributed by atoms with van der Waals surface area (Å²) in [5.74, 6) is -0.800. The summed E-state index contributed by atoms with van der Waals surface area (Å²) in [4.78, 5) is 14.8. The van der Waals surface area contributed by atoms with Gasteiger partial charge in [-0.3, -0.25) is 4.79 Å². The van der Waals surface area contributed by atoms with Gasteiger partial charge in [0.05, 0.1) is 10.6 Å². The maximum Gasteiger partial charge on any atom is 0.281 e. The lowest BCUT2D eigenvalue weighted by atomic mass is 10.1. The molecule has 0 saturated carbocycles. The fourth-order valence-electron chi connectivity index (χ4n) is 0.980. The van der Waals surface area contributed by atoms with Crippen LogP contribution < -0.4 is 11.5 Å². The normalized spacial score (nSPS) is 8.93. The van der Waals surface area contributed by atoms with E-state index in [2.05, 4.69) is 4.99 Å². The maximum absolute atomic E-state index is 11.4. The molecule has 0 aliphatic heterocycles. The minimum Gasteiger partial charge on any atom is -0.370 e. The van der Waals surface area contributed by atoms with Crippen LogP contribution in [-0.4, -0.2) is 11.9 Å². The topological polar surface area (TPSA) is 81.5 Å². The van der Waals surface area contributed by atoms with E-state index in [9.17, 15) is 4.79 Å². The summed E-state index contributed by atoms with van der Waals surface area (Å²) in [5.41, 5.74) is 11.4. The first-order valence-corrected chi connectivity index (χ1v) is 4.28. The van der Waals surface area contributed by atoms with E-state index in [0.29, 0.717) is 10.6 Å². The van der Waals surface area contributed by atoms with Crippen LogP contribution in [0.4, 0.5) is 0 Å². The molecule has 82 valence electrons. The van der Waals surface area contributed by atoms with E-state index in [0.717, 1.165) is 5.56 Å². The molecule has 1 aromatic rings. The van der Waals surface area contributed by atoms with Crippen molar-refractivity contribution in [2.24, 2.45) is 16.5 Å². The van der Waals surface area contributed by atoms with Crippen LogP contribution in [0.2, 0.25) is 5.02 Å². The van der Waals surface area contributed by atoms with Gasteiger partial charge in [-0.05, 0) is 19.1 Å². The Labute approximate surface area is 98.7 Å². The predicted molar refractivity (Wildman–Crippen MR) is 63.6 cm³/mol. The zero-order valence-corrected chi connectivity index (χ0v) is 9.60. The molecule has 0 saturated heterocycles. The molecule has 0 aliphatic carbocycles. The molecule has 1 amide bonds. The van der Waals surface area contributed by atoms with Crippen molar-refractivity contribution in [2.45, 2.75) is 6.92 Å². The number of hydrogen-bond donors (Lipinski definition) is 2. The lowest BCUT2D eigenvalue weighted by Gasteiger charge is -2.00. The van der Waals surface area contributed by atoms with Gasteiger partial charge in [-0.1, -0.05) is 23.2 Å². The Kier molecular flexibility index (Phi) is 5.11. The minimum absolute atomic E-state index is 0. The molecular weight excluding hydrogens is 237 g/mol. The summed E-state index contributed by atoms with van der Waals surface area (Å²) in [6, 6.07) is 5.07. The minimum atomic E-state index is -0.529. The standard InChI is InChI=1S/C9H10ClN3O.ClH/c1-5-2-3-7(10)6(4-5)8(14)13-9(11)12;/h2-4H,1H3,(H4,11,12,13,14);1H. The monoisotopic (exact) mass is 247 g/mol. The molecule has 15 heavy (non-hydrogen) atoms. The van der Waals surface area contributed by atoms with Crippen molar-refractivity contribution in [3.63, 3.8) is 0 Å². The SMILES string of the molecule is Cc1ccc(Cl)c(C(=O)N=C(N)N)c1.Cl. The number of hydrogen-bond acceptors (Lipinski definition) is 1. The largest absolute Gasteiger partial charge is 0.370 e. The van der Waals surface area contributed by atoms with Gasteiger partial charge in [0.2, 0.25) is 0 Å². The van der Waals surface area contributed by atoms with Gasteiger partial charge < -0.3 is 11.5 Å².